The van der Waals surface area contributed by atoms with Gasteiger partial charge in [0.15, 0.2) is 0 Å². The quantitative estimate of drug-likeness (QED) is 0.387. The first-order chi connectivity index (χ1) is 16.6. The van der Waals surface area contributed by atoms with Crippen molar-refractivity contribution in [2.24, 2.45) is 0 Å². The van der Waals surface area contributed by atoms with Crippen molar-refractivity contribution >= 4 is 28.8 Å². The van der Waals surface area contributed by atoms with Gasteiger partial charge in [0.2, 0.25) is 0 Å². The van der Waals surface area contributed by atoms with Crippen molar-refractivity contribution < 1.29 is 32.3 Å². The lowest BCUT2D eigenvalue weighted by molar-refractivity contribution is -0.137. The van der Waals surface area contributed by atoms with Crippen LogP contribution in [0.2, 0.25) is 0 Å². The average Bonchev–Trinajstić information content (AvgIpc) is 2.83. The zero-order valence-corrected chi connectivity index (χ0v) is 19.4. The molecule has 5 nitrogen and oxygen atoms in total. The van der Waals surface area contributed by atoms with Gasteiger partial charge in [-0.2, -0.15) is 13.2 Å². The summed E-state index contributed by atoms with van der Waals surface area (Å²) in [6.45, 7) is 5.25. The summed E-state index contributed by atoms with van der Waals surface area (Å²) in [6, 6.07) is 11.7. The first kappa shape index (κ1) is 26.0. The van der Waals surface area contributed by atoms with Gasteiger partial charge in [-0.05, 0) is 65.6 Å². The summed E-state index contributed by atoms with van der Waals surface area (Å²) in [5.74, 6) is -0.568. The topological polar surface area (TPSA) is 60.9 Å². The number of rotatable bonds is 3. The van der Waals surface area contributed by atoms with Crippen molar-refractivity contribution in [1.29, 1.82) is 0 Å². The molecule has 9 heteroatoms. The van der Waals surface area contributed by atoms with Gasteiger partial charge in [0.1, 0.15) is 5.82 Å². The predicted molar refractivity (Wildman–Crippen MR) is 126 cm³/mol. The second-order valence-corrected chi connectivity index (χ2v) is 8.19. The molecular weight excluding hydrogens is 464 g/mol. The highest BCUT2D eigenvalue weighted by atomic mass is 19.4. The van der Waals surface area contributed by atoms with Crippen molar-refractivity contribution in [1.82, 2.24) is 4.90 Å². The number of fused-ring (bicyclic) bond motifs is 1. The predicted octanol–water partition coefficient (Wildman–Crippen LogP) is 5.53. The van der Waals surface area contributed by atoms with Crippen LogP contribution in [0.3, 0.4) is 0 Å². The maximum absolute atomic E-state index is 14.0. The van der Waals surface area contributed by atoms with Crippen LogP contribution in [0.15, 0.2) is 48.5 Å². The summed E-state index contributed by atoms with van der Waals surface area (Å²) in [5, 5.41) is 8.30. The van der Waals surface area contributed by atoms with Crippen molar-refractivity contribution in [3.05, 3.63) is 76.6 Å². The van der Waals surface area contributed by atoms with Crippen LogP contribution in [-0.4, -0.2) is 48.6 Å². The molecule has 186 valence electrons. The van der Waals surface area contributed by atoms with E-state index in [0.717, 1.165) is 35.1 Å². The lowest BCUT2D eigenvalue weighted by Crippen LogP contribution is -2.49. The fourth-order valence-electron chi connectivity index (χ4n) is 4.38. The molecule has 0 unspecified atom stereocenters. The molecule has 0 atom stereocenters. The van der Waals surface area contributed by atoms with Crippen LogP contribution < -0.4 is 4.90 Å². The number of anilines is 1. The molecule has 0 aliphatic carbocycles. The van der Waals surface area contributed by atoms with Crippen LogP contribution in [-0.2, 0) is 17.4 Å². The highest BCUT2D eigenvalue weighted by molar-refractivity contribution is 6.09. The highest BCUT2D eigenvalue weighted by Gasteiger charge is 2.31. The Labute approximate surface area is 200 Å². The van der Waals surface area contributed by atoms with Crippen molar-refractivity contribution in [3.8, 4) is 0 Å². The first-order valence-electron chi connectivity index (χ1n) is 11.1. The van der Waals surface area contributed by atoms with Crippen LogP contribution in [0.4, 0.5) is 23.2 Å². The molecule has 35 heavy (non-hydrogen) atoms. The standard InChI is InChI=1S/C25H24F4N2O.CH2O2/c1-3-17-13-18-7-8-20(26)15-22(18)23(16(17)2)24(32)31-11-9-30(10-12-31)21-6-4-5-19(14-21)25(27,28)29;2-1-3/h4-8,13-15H,3,9-12H2,1-2H3;1H,(H,2,3). The fraction of sp³-hybridized carbons (Fsp3) is 0.308. The fourth-order valence-corrected chi connectivity index (χ4v) is 4.38. The molecule has 1 amide bonds. The molecule has 1 aliphatic rings. The molecule has 1 fully saturated rings. The molecule has 1 heterocycles. The molecule has 0 spiro atoms. The summed E-state index contributed by atoms with van der Waals surface area (Å²) >= 11 is 0. The lowest BCUT2D eigenvalue weighted by atomic mass is 9.92. The van der Waals surface area contributed by atoms with Crippen LogP contribution in [0, 0.1) is 12.7 Å². The van der Waals surface area contributed by atoms with Gasteiger partial charge in [-0.15, -0.1) is 0 Å². The number of carboxylic acid groups (broad SMARTS) is 1. The number of nitrogens with zero attached hydrogens (tertiary/aromatic N) is 2. The van der Waals surface area contributed by atoms with E-state index < -0.39 is 17.6 Å². The van der Waals surface area contributed by atoms with Crippen LogP contribution >= 0.6 is 0 Å². The van der Waals surface area contributed by atoms with E-state index in [1.54, 1.807) is 17.0 Å². The van der Waals surface area contributed by atoms with Crippen LogP contribution in [0.25, 0.3) is 10.8 Å². The Balaban J connectivity index is 0.00000108. The van der Waals surface area contributed by atoms with Gasteiger partial charge in [-0.25, -0.2) is 4.39 Å². The third-order valence-corrected chi connectivity index (χ3v) is 6.17. The van der Waals surface area contributed by atoms with Gasteiger partial charge < -0.3 is 14.9 Å². The van der Waals surface area contributed by atoms with Gasteiger partial charge in [-0.3, -0.25) is 9.59 Å². The number of piperazine rings is 1. The van der Waals surface area contributed by atoms with Gasteiger partial charge in [-0.1, -0.05) is 25.1 Å². The second kappa shape index (κ2) is 10.8. The molecule has 0 radical (unpaired) electrons. The Kier molecular flexibility index (Phi) is 7.99. The van der Waals surface area contributed by atoms with Gasteiger partial charge in [0.05, 0.1) is 11.1 Å². The average molecular weight is 490 g/mol. The van der Waals surface area contributed by atoms with E-state index in [1.165, 1.54) is 18.2 Å². The third-order valence-electron chi connectivity index (χ3n) is 6.17. The van der Waals surface area contributed by atoms with Crippen LogP contribution in [0.1, 0.15) is 34.0 Å². The number of amides is 1. The molecule has 3 aromatic carbocycles. The number of halogens is 4. The van der Waals surface area contributed by atoms with E-state index in [2.05, 4.69) is 0 Å². The minimum Gasteiger partial charge on any atom is -0.483 e. The zero-order valence-electron chi connectivity index (χ0n) is 19.4. The third kappa shape index (κ3) is 5.72. The van der Waals surface area contributed by atoms with Gasteiger partial charge >= 0.3 is 6.18 Å². The molecule has 0 saturated carbocycles. The normalized spacial score (nSPS) is 13.9. The van der Waals surface area contributed by atoms with E-state index in [9.17, 15) is 22.4 Å². The summed E-state index contributed by atoms with van der Waals surface area (Å²) in [6.07, 6.45) is -3.64. The molecular formula is C26H26F4N2O3. The number of carbonyl (C=O) groups is 2. The maximum Gasteiger partial charge on any atom is 0.416 e. The largest absolute Gasteiger partial charge is 0.483 e. The summed E-state index contributed by atoms with van der Waals surface area (Å²) in [4.78, 5) is 25.4. The minimum atomic E-state index is -4.40. The molecule has 4 rings (SSSR count). The Morgan fingerprint density at radius 1 is 1.06 bits per heavy atom. The highest BCUT2D eigenvalue weighted by Crippen LogP contribution is 2.32. The smallest absolute Gasteiger partial charge is 0.416 e. The second-order valence-electron chi connectivity index (χ2n) is 8.19. The van der Waals surface area contributed by atoms with Gasteiger partial charge in [0, 0.05) is 31.9 Å². The maximum atomic E-state index is 14.0. The first-order valence-corrected chi connectivity index (χ1v) is 11.1. The summed E-state index contributed by atoms with van der Waals surface area (Å²) in [5.41, 5.74) is 2.19. The zero-order chi connectivity index (χ0) is 25.8. The van der Waals surface area contributed by atoms with Crippen molar-refractivity contribution in [2.45, 2.75) is 26.4 Å². The Morgan fingerprint density at radius 3 is 2.31 bits per heavy atom. The number of carbonyl (C=O) groups excluding carboxylic acids is 1. The summed E-state index contributed by atoms with van der Waals surface area (Å²) < 4.78 is 53.1. The summed E-state index contributed by atoms with van der Waals surface area (Å²) in [7, 11) is 0. The van der Waals surface area contributed by atoms with E-state index in [-0.39, 0.29) is 12.4 Å². The molecule has 0 bridgehead atoms. The number of aryl methyl sites for hydroxylation is 1. The minimum absolute atomic E-state index is 0.169. The van der Waals surface area contributed by atoms with Crippen molar-refractivity contribution in [3.63, 3.8) is 0 Å². The monoisotopic (exact) mass is 490 g/mol. The molecule has 1 aliphatic heterocycles. The van der Waals surface area contributed by atoms with Gasteiger partial charge in [0.25, 0.3) is 12.4 Å². The molecule has 0 aromatic heterocycles. The Hall–Kier alpha value is -3.62. The molecule has 1 saturated heterocycles. The Bertz CT molecular complexity index is 1220. The molecule has 3 aromatic rings. The van der Waals surface area contributed by atoms with E-state index in [1.807, 2.05) is 24.8 Å². The van der Waals surface area contributed by atoms with E-state index in [4.69, 9.17) is 9.90 Å². The molecule has 1 N–H and O–H groups in total. The number of hydrogen-bond donors (Lipinski definition) is 1. The Morgan fingerprint density at radius 2 is 1.71 bits per heavy atom. The lowest BCUT2D eigenvalue weighted by Gasteiger charge is -2.36. The SMILES string of the molecule is CCc1cc2ccc(F)cc2c(C(=O)N2CCN(c3cccc(C(F)(F)F)c3)CC2)c1C.O=CO. The van der Waals surface area contributed by atoms with Crippen LogP contribution in [0.5, 0.6) is 0 Å². The van der Waals surface area contributed by atoms with E-state index in [0.29, 0.717) is 42.8 Å². The van der Waals surface area contributed by atoms with E-state index >= 15 is 0 Å². The number of benzene rings is 3. The number of alkyl halides is 3. The van der Waals surface area contributed by atoms with Crippen molar-refractivity contribution in [2.75, 3.05) is 31.1 Å². The number of hydrogen-bond acceptors (Lipinski definition) is 3.